The predicted molar refractivity (Wildman–Crippen MR) is 120 cm³/mol. The van der Waals surface area contributed by atoms with Crippen LogP contribution in [0.15, 0.2) is 42.5 Å². The van der Waals surface area contributed by atoms with Crippen molar-refractivity contribution in [3.05, 3.63) is 64.4 Å². The fourth-order valence-electron chi connectivity index (χ4n) is 4.64. The van der Waals surface area contributed by atoms with Gasteiger partial charge in [0.2, 0.25) is 17.6 Å². The van der Waals surface area contributed by atoms with Gasteiger partial charge in [-0.1, -0.05) is 29.8 Å². The molecule has 2 aliphatic heterocycles. The number of hydrogen-bond acceptors (Lipinski definition) is 4. The van der Waals surface area contributed by atoms with Crippen molar-refractivity contribution in [1.82, 2.24) is 19.8 Å². The van der Waals surface area contributed by atoms with Crippen LogP contribution in [0.5, 0.6) is 0 Å². The van der Waals surface area contributed by atoms with Crippen molar-refractivity contribution in [1.29, 1.82) is 0 Å². The molecule has 5 rings (SSSR count). The molecule has 1 N–H and O–H groups in total. The Morgan fingerprint density at radius 3 is 2.54 bits per heavy atom. The second-order valence-electron chi connectivity index (χ2n) is 8.47. The van der Waals surface area contributed by atoms with Crippen molar-refractivity contribution < 1.29 is 27.6 Å². The van der Waals surface area contributed by atoms with Crippen LogP contribution in [0.3, 0.4) is 0 Å². The molecule has 1 fully saturated rings. The monoisotopic (exact) mass is 502 g/mol. The molecule has 7 nitrogen and oxygen atoms in total. The van der Waals surface area contributed by atoms with Gasteiger partial charge in [-0.3, -0.25) is 19.7 Å². The van der Waals surface area contributed by atoms with Crippen LogP contribution in [0.2, 0.25) is 5.02 Å². The second kappa shape index (κ2) is 8.23. The Kier molecular flexibility index (Phi) is 5.43. The maximum absolute atomic E-state index is 13.7. The molecule has 11 heteroatoms. The number of nitrogens with one attached hydrogen (secondary N) is 1. The number of hydrogen-bond donors (Lipinski definition) is 1. The summed E-state index contributed by atoms with van der Waals surface area (Å²) >= 11 is 6.10. The van der Waals surface area contributed by atoms with Crippen molar-refractivity contribution in [2.75, 3.05) is 0 Å². The van der Waals surface area contributed by atoms with E-state index in [-0.39, 0.29) is 42.6 Å². The molecule has 1 atom stereocenters. The number of aromatic nitrogens is 2. The molecule has 3 heterocycles. The Hall–Kier alpha value is -3.66. The standard InChI is InChI=1S/C24H18ClF3N4O3/c1-31-20(13-3-2-4-15(25)10-13)19(30-23(31)24(26,27)28)12-5-6-16-14(9-12)11-32(22(16)35)17-7-8-18(33)29-21(17)34/h2-6,9-10,17H,7-8,11H2,1H3,(H,29,33,34). The van der Waals surface area contributed by atoms with Crippen LogP contribution in [0.25, 0.3) is 22.5 Å². The van der Waals surface area contributed by atoms with Crippen molar-refractivity contribution >= 4 is 29.3 Å². The fourth-order valence-corrected chi connectivity index (χ4v) is 4.83. The normalized spacial score (nSPS) is 18.1. The molecule has 0 spiro atoms. The number of halogens is 4. The molecule has 3 amide bonds. The van der Waals surface area contributed by atoms with Gasteiger partial charge in [-0.2, -0.15) is 13.2 Å². The Labute approximate surface area is 202 Å². The molecular formula is C24H18ClF3N4O3. The molecule has 0 saturated carbocycles. The predicted octanol–water partition coefficient (Wildman–Crippen LogP) is 4.19. The second-order valence-corrected chi connectivity index (χ2v) is 8.91. The smallest absolute Gasteiger partial charge is 0.323 e. The van der Waals surface area contributed by atoms with Crippen molar-refractivity contribution in [3.8, 4) is 22.5 Å². The van der Waals surface area contributed by atoms with Gasteiger partial charge in [-0.15, -0.1) is 0 Å². The molecule has 0 aliphatic carbocycles. The zero-order chi connectivity index (χ0) is 25.1. The van der Waals surface area contributed by atoms with Gasteiger partial charge in [0.05, 0.1) is 11.4 Å². The summed E-state index contributed by atoms with van der Waals surface area (Å²) in [4.78, 5) is 42.0. The molecule has 35 heavy (non-hydrogen) atoms. The number of carbonyl (C=O) groups excluding carboxylic acids is 3. The number of fused-ring (bicyclic) bond motifs is 1. The number of imidazole rings is 1. The maximum atomic E-state index is 13.7. The van der Waals surface area contributed by atoms with E-state index in [1.807, 2.05) is 0 Å². The lowest BCUT2D eigenvalue weighted by atomic mass is 10.0. The van der Waals surface area contributed by atoms with Gasteiger partial charge in [-0.25, -0.2) is 4.98 Å². The third kappa shape index (κ3) is 3.97. The average molecular weight is 503 g/mol. The molecule has 0 bridgehead atoms. The number of benzene rings is 2. The van der Waals surface area contributed by atoms with Gasteiger partial charge in [0.15, 0.2) is 0 Å². The number of piperidine rings is 1. The Morgan fingerprint density at radius 1 is 1.09 bits per heavy atom. The minimum atomic E-state index is -4.68. The van der Waals surface area contributed by atoms with E-state index >= 15 is 0 Å². The lowest BCUT2D eigenvalue weighted by molar-refractivity contribution is -0.146. The van der Waals surface area contributed by atoms with Crippen LogP contribution < -0.4 is 5.32 Å². The van der Waals surface area contributed by atoms with E-state index in [0.717, 1.165) is 4.57 Å². The first kappa shape index (κ1) is 23.1. The summed E-state index contributed by atoms with van der Waals surface area (Å²) in [5.74, 6) is -2.36. The van der Waals surface area contributed by atoms with E-state index in [1.165, 1.54) is 18.0 Å². The van der Waals surface area contributed by atoms with Crippen molar-refractivity contribution in [2.24, 2.45) is 7.05 Å². The number of alkyl halides is 3. The molecule has 1 unspecified atom stereocenters. The van der Waals surface area contributed by atoms with Gasteiger partial charge in [0.25, 0.3) is 5.91 Å². The van der Waals surface area contributed by atoms with Gasteiger partial charge >= 0.3 is 6.18 Å². The average Bonchev–Trinajstić information content (AvgIpc) is 3.30. The Morgan fingerprint density at radius 2 is 1.86 bits per heavy atom. The molecule has 2 aromatic carbocycles. The maximum Gasteiger partial charge on any atom is 0.449 e. The van der Waals surface area contributed by atoms with Gasteiger partial charge in [0.1, 0.15) is 6.04 Å². The number of rotatable bonds is 3. The summed E-state index contributed by atoms with van der Waals surface area (Å²) in [5, 5.41) is 2.61. The third-order valence-corrected chi connectivity index (χ3v) is 6.48. The van der Waals surface area contributed by atoms with Crippen molar-refractivity contribution in [3.63, 3.8) is 0 Å². The summed E-state index contributed by atoms with van der Waals surface area (Å²) in [6.45, 7) is 0.0970. The molecule has 1 aromatic heterocycles. The zero-order valence-electron chi connectivity index (χ0n) is 18.3. The minimum Gasteiger partial charge on any atom is -0.323 e. The highest BCUT2D eigenvalue weighted by Gasteiger charge is 2.40. The summed E-state index contributed by atoms with van der Waals surface area (Å²) in [6, 6.07) is 10.4. The van der Waals surface area contributed by atoms with Crippen molar-refractivity contribution in [2.45, 2.75) is 31.6 Å². The van der Waals surface area contributed by atoms with Crippen LogP contribution in [-0.2, 0) is 29.4 Å². The van der Waals surface area contributed by atoms with E-state index in [9.17, 15) is 27.6 Å². The Bertz CT molecular complexity index is 1400. The molecule has 1 saturated heterocycles. The third-order valence-electron chi connectivity index (χ3n) is 6.24. The highest BCUT2D eigenvalue weighted by atomic mass is 35.5. The lowest BCUT2D eigenvalue weighted by Crippen LogP contribution is -2.52. The summed E-state index contributed by atoms with van der Waals surface area (Å²) < 4.78 is 42.1. The van der Waals surface area contributed by atoms with Gasteiger partial charge < -0.3 is 9.47 Å². The fraction of sp³-hybridized carbons (Fsp3) is 0.250. The van der Waals surface area contributed by atoms with E-state index in [0.29, 0.717) is 27.3 Å². The van der Waals surface area contributed by atoms with Crippen LogP contribution in [0, 0.1) is 0 Å². The lowest BCUT2D eigenvalue weighted by Gasteiger charge is -2.29. The largest absolute Gasteiger partial charge is 0.449 e. The molecular weight excluding hydrogens is 485 g/mol. The van der Waals surface area contributed by atoms with E-state index in [2.05, 4.69) is 10.3 Å². The SMILES string of the molecule is Cn1c(C(F)(F)F)nc(-c2ccc3c(c2)CN(C2CCC(=O)NC2=O)C3=O)c1-c1cccc(Cl)c1. The highest BCUT2D eigenvalue weighted by Crippen LogP contribution is 2.40. The summed E-state index contributed by atoms with van der Waals surface area (Å²) in [7, 11) is 1.29. The topological polar surface area (TPSA) is 84.3 Å². The first-order valence-corrected chi connectivity index (χ1v) is 11.1. The molecule has 3 aromatic rings. The summed E-state index contributed by atoms with van der Waals surface area (Å²) in [5.41, 5.74) is 2.09. The van der Waals surface area contributed by atoms with Crippen LogP contribution >= 0.6 is 11.6 Å². The number of carbonyl (C=O) groups is 3. The van der Waals surface area contributed by atoms with Gasteiger partial charge in [-0.05, 0) is 36.2 Å². The van der Waals surface area contributed by atoms with Crippen LogP contribution in [-0.4, -0.2) is 38.2 Å². The minimum absolute atomic E-state index is 0.0943. The summed E-state index contributed by atoms with van der Waals surface area (Å²) in [6.07, 6.45) is -4.35. The quantitative estimate of drug-likeness (QED) is 0.544. The number of nitrogens with zero attached hydrogens (tertiary/aromatic N) is 3. The first-order chi connectivity index (χ1) is 16.5. The van der Waals surface area contributed by atoms with Crippen LogP contribution in [0.1, 0.15) is 34.6 Å². The number of amides is 3. The number of imide groups is 1. The van der Waals surface area contributed by atoms with Gasteiger partial charge in [0, 0.05) is 41.7 Å². The van der Waals surface area contributed by atoms with E-state index < -0.39 is 23.9 Å². The molecule has 0 radical (unpaired) electrons. The zero-order valence-corrected chi connectivity index (χ0v) is 19.1. The molecule has 2 aliphatic rings. The first-order valence-electron chi connectivity index (χ1n) is 10.7. The van der Waals surface area contributed by atoms with E-state index in [4.69, 9.17) is 11.6 Å². The molecule has 180 valence electrons. The van der Waals surface area contributed by atoms with Crippen LogP contribution in [0.4, 0.5) is 13.2 Å². The highest BCUT2D eigenvalue weighted by molar-refractivity contribution is 6.30. The Balaban J connectivity index is 1.58. The van der Waals surface area contributed by atoms with E-state index in [1.54, 1.807) is 36.4 Å².